The molecule has 1 fully saturated rings. The molecule has 1 aliphatic rings. The molecule has 3 rings (SSSR count). The standard InChI is InChI=1S/C17H19/c1-13-11-12-16(14-7-3-2-4-8-14)17-10-6-5-9-15(13)17/h5-6,9-12,14H,1-4,7-8H2. The topological polar surface area (TPSA) is 0 Å². The molecule has 0 amide bonds. The lowest BCUT2D eigenvalue weighted by Crippen LogP contribution is -2.05. The molecule has 1 saturated carbocycles. The summed E-state index contributed by atoms with van der Waals surface area (Å²) in [5, 5.41) is 2.75. The van der Waals surface area contributed by atoms with Gasteiger partial charge in [0.25, 0.3) is 0 Å². The summed E-state index contributed by atoms with van der Waals surface area (Å²) < 4.78 is 0. The fourth-order valence-electron chi connectivity index (χ4n) is 3.15. The summed E-state index contributed by atoms with van der Waals surface area (Å²) in [4.78, 5) is 0. The Hall–Kier alpha value is -1.30. The first-order valence-corrected chi connectivity index (χ1v) is 6.70. The Kier molecular flexibility index (Phi) is 2.88. The van der Waals surface area contributed by atoms with Gasteiger partial charge in [-0.25, -0.2) is 0 Å². The first-order valence-electron chi connectivity index (χ1n) is 6.70. The van der Waals surface area contributed by atoms with Gasteiger partial charge in [0, 0.05) is 0 Å². The Morgan fingerprint density at radius 3 is 2.29 bits per heavy atom. The number of fused-ring (bicyclic) bond motifs is 1. The van der Waals surface area contributed by atoms with Gasteiger partial charge in [-0.2, -0.15) is 0 Å². The van der Waals surface area contributed by atoms with Crippen LogP contribution in [0.4, 0.5) is 0 Å². The maximum atomic E-state index is 4.13. The minimum absolute atomic E-state index is 0.772. The van der Waals surface area contributed by atoms with Gasteiger partial charge in [0.1, 0.15) is 0 Å². The second-order valence-corrected chi connectivity index (χ2v) is 5.19. The highest BCUT2D eigenvalue weighted by Gasteiger charge is 2.17. The van der Waals surface area contributed by atoms with Crippen LogP contribution in [0.2, 0.25) is 0 Å². The van der Waals surface area contributed by atoms with Gasteiger partial charge in [0.2, 0.25) is 0 Å². The van der Waals surface area contributed by atoms with E-state index in [0.717, 1.165) is 11.5 Å². The zero-order valence-corrected chi connectivity index (χ0v) is 10.3. The zero-order valence-electron chi connectivity index (χ0n) is 10.3. The quantitative estimate of drug-likeness (QED) is 0.633. The lowest BCUT2D eigenvalue weighted by atomic mass is 9.81. The van der Waals surface area contributed by atoms with Gasteiger partial charge in [-0.15, -0.1) is 0 Å². The maximum absolute atomic E-state index is 4.13. The van der Waals surface area contributed by atoms with Crippen molar-refractivity contribution in [1.82, 2.24) is 0 Å². The van der Waals surface area contributed by atoms with E-state index in [1.165, 1.54) is 42.9 Å². The molecular formula is C17H19. The van der Waals surface area contributed by atoms with Gasteiger partial charge in [0.15, 0.2) is 0 Å². The van der Waals surface area contributed by atoms with Crippen LogP contribution >= 0.6 is 0 Å². The summed E-state index contributed by atoms with van der Waals surface area (Å²) in [5.41, 5.74) is 2.70. The van der Waals surface area contributed by atoms with Gasteiger partial charge in [-0.3, -0.25) is 0 Å². The van der Waals surface area contributed by atoms with Gasteiger partial charge in [-0.1, -0.05) is 55.7 Å². The molecule has 1 aliphatic carbocycles. The molecular weight excluding hydrogens is 204 g/mol. The number of hydrogen-bond acceptors (Lipinski definition) is 0. The average molecular weight is 223 g/mol. The Labute approximate surface area is 104 Å². The van der Waals surface area contributed by atoms with E-state index in [1.807, 2.05) is 0 Å². The van der Waals surface area contributed by atoms with Crippen LogP contribution in [-0.2, 0) is 0 Å². The molecule has 0 heteroatoms. The van der Waals surface area contributed by atoms with Gasteiger partial charge in [-0.05, 0) is 47.6 Å². The highest BCUT2D eigenvalue weighted by Crippen LogP contribution is 2.36. The molecule has 2 aromatic rings. The van der Waals surface area contributed by atoms with Crippen LogP contribution in [0.15, 0.2) is 36.4 Å². The predicted molar refractivity (Wildman–Crippen MR) is 74.2 cm³/mol. The molecule has 1 radical (unpaired) electrons. The van der Waals surface area contributed by atoms with Gasteiger partial charge < -0.3 is 0 Å². The third-order valence-electron chi connectivity index (χ3n) is 4.09. The molecule has 0 N–H and O–H groups in total. The maximum Gasteiger partial charge on any atom is -0.0146 e. The summed E-state index contributed by atoms with van der Waals surface area (Å²) in [5.74, 6) is 0.772. The second-order valence-electron chi connectivity index (χ2n) is 5.19. The second kappa shape index (κ2) is 4.52. The van der Waals surface area contributed by atoms with E-state index in [4.69, 9.17) is 0 Å². The molecule has 87 valence electrons. The molecule has 0 unspecified atom stereocenters. The molecule has 0 saturated heterocycles. The minimum Gasteiger partial charge on any atom is -0.0616 e. The molecule has 0 heterocycles. The fourth-order valence-corrected chi connectivity index (χ4v) is 3.15. The highest BCUT2D eigenvalue weighted by molar-refractivity contribution is 5.89. The number of hydrogen-bond donors (Lipinski definition) is 0. The van der Waals surface area contributed by atoms with Crippen molar-refractivity contribution in [3.63, 3.8) is 0 Å². The average Bonchev–Trinajstić information content (AvgIpc) is 2.41. The largest absolute Gasteiger partial charge is 0.0616 e. The number of benzene rings is 2. The van der Waals surface area contributed by atoms with E-state index in [2.05, 4.69) is 43.3 Å². The summed E-state index contributed by atoms with van der Waals surface area (Å²) >= 11 is 0. The lowest BCUT2D eigenvalue weighted by Gasteiger charge is -2.23. The van der Waals surface area contributed by atoms with Crippen LogP contribution in [0, 0.1) is 6.92 Å². The number of rotatable bonds is 1. The van der Waals surface area contributed by atoms with Crippen molar-refractivity contribution in [1.29, 1.82) is 0 Å². The third-order valence-corrected chi connectivity index (χ3v) is 4.09. The Morgan fingerprint density at radius 2 is 1.53 bits per heavy atom. The molecule has 0 aromatic heterocycles. The zero-order chi connectivity index (χ0) is 11.7. The normalized spacial score (nSPS) is 17.5. The molecule has 17 heavy (non-hydrogen) atoms. The van der Waals surface area contributed by atoms with Crippen LogP contribution in [0.5, 0.6) is 0 Å². The van der Waals surface area contributed by atoms with Crippen molar-refractivity contribution < 1.29 is 0 Å². The third kappa shape index (κ3) is 1.97. The van der Waals surface area contributed by atoms with Crippen molar-refractivity contribution in [2.45, 2.75) is 38.0 Å². The van der Waals surface area contributed by atoms with Crippen molar-refractivity contribution >= 4 is 10.8 Å². The molecule has 0 aliphatic heterocycles. The van der Waals surface area contributed by atoms with E-state index in [0.29, 0.717) is 0 Å². The van der Waals surface area contributed by atoms with Crippen molar-refractivity contribution in [2.24, 2.45) is 0 Å². The smallest absolute Gasteiger partial charge is 0.0146 e. The van der Waals surface area contributed by atoms with E-state index < -0.39 is 0 Å². The van der Waals surface area contributed by atoms with E-state index >= 15 is 0 Å². The van der Waals surface area contributed by atoms with Crippen LogP contribution in [-0.4, -0.2) is 0 Å². The van der Waals surface area contributed by atoms with Gasteiger partial charge >= 0.3 is 0 Å². The Bertz CT molecular complexity index is 519. The molecule has 0 spiro atoms. The highest BCUT2D eigenvalue weighted by atomic mass is 14.2. The van der Waals surface area contributed by atoms with Gasteiger partial charge in [0.05, 0.1) is 0 Å². The fraction of sp³-hybridized carbons (Fsp3) is 0.353. The Balaban J connectivity index is 2.12. The Morgan fingerprint density at radius 1 is 0.824 bits per heavy atom. The first-order chi connectivity index (χ1) is 8.36. The van der Waals surface area contributed by atoms with E-state index in [9.17, 15) is 0 Å². The van der Waals surface area contributed by atoms with Crippen molar-refractivity contribution in [2.75, 3.05) is 0 Å². The van der Waals surface area contributed by atoms with Crippen molar-refractivity contribution in [3.05, 3.63) is 54.4 Å². The molecule has 0 bridgehead atoms. The molecule has 0 nitrogen and oxygen atoms in total. The molecule has 0 atom stereocenters. The molecule has 2 aromatic carbocycles. The van der Waals surface area contributed by atoms with Crippen LogP contribution in [0.25, 0.3) is 10.8 Å². The monoisotopic (exact) mass is 223 g/mol. The van der Waals surface area contributed by atoms with E-state index in [-0.39, 0.29) is 0 Å². The van der Waals surface area contributed by atoms with Crippen LogP contribution in [0.3, 0.4) is 0 Å². The van der Waals surface area contributed by atoms with Crippen LogP contribution in [0.1, 0.15) is 49.1 Å². The van der Waals surface area contributed by atoms with E-state index in [1.54, 1.807) is 5.56 Å². The lowest BCUT2D eigenvalue weighted by molar-refractivity contribution is 0.445. The van der Waals surface area contributed by atoms with Crippen molar-refractivity contribution in [3.8, 4) is 0 Å². The minimum atomic E-state index is 0.772. The summed E-state index contributed by atoms with van der Waals surface area (Å²) in [6.07, 6.45) is 6.93. The first kappa shape index (κ1) is 10.8. The van der Waals surface area contributed by atoms with Crippen LogP contribution < -0.4 is 0 Å². The SMILES string of the molecule is [CH2]c1ccc(C2CCCCC2)c2ccccc12. The summed E-state index contributed by atoms with van der Waals surface area (Å²) in [6, 6.07) is 13.2. The summed E-state index contributed by atoms with van der Waals surface area (Å²) in [6.45, 7) is 4.13. The summed E-state index contributed by atoms with van der Waals surface area (Å²) in [7, 11) is 0. The predicted octanol–water partition coefficient (Wildman–Crippen LogP) is 5.07.